The smallest absolute Gasteiger partial charge is 0.245 e. The highest BCUT2D eigenvalue weighted by molar-refractivity contribution is 6.30. The summed E-state index contributed by atoms with van der Waals surface area (Å²) in [6, 6.07) is 7.45. The predicted molar refractivity (Wildman–Crippen MR) is 92.1 cm³/mol. The molecule has 0 saturated carbocycles. The number of likely N-dealkylation sites (tertiary alicyclic amines) is 1. The molecule has 1 fully saturated rings. The Hall–Kier alpha value is -1.69. The standard InChI is InChI=1S/C18H21ClF2N2O2/c1-17(20,21)7-6-16(24)23-10-8-18(9-11-23)12-15(22-25-18)13-2-4-14(19)5-3-13/h2-5H,6-12H2,1H3. The number of piperidine rings is 1. The van der Waals surface area contributed by atoms with E-state index in [1.54, 1.807) is 4.90 Å². The Morgan fingerprint density at radius 1 is 1.32 bits per heavy atom. The number of benzene rings is 1. The van der Waals surface area contributed by atoms with Gasteiger partial charge in [-0.25, -0.2) is 8.78 Å². The van der Waals surface area contributed by atoms with Crippen LogP contribution in [0, 0.1) is 0 Å². The topological polar surface area (TPSA) is 41.9 Å². The van der Waals surface area contributed by atoms with Crippen molar-refractivity contribution in [3.8, 4) is 0 Å². The van der Waals surface area contributed by atoms with Gasteiger partial charge >= 0.3 is 0 Å². The van der Waals surface area contributed by atoms with E-state index in [0.717, 1.165) is 18.2 Å². The molecular weight excluding hydrogens is 350 g/mol. The van der Waals surface area contributed by atoms with Crippen LogP contribution in [0.25, 0.3) is 0 Å². The molecule has 0 bridgehead atoms. The summed E-state index contributed by atoms with van der Waals surface area (Å²) in [5.74, 6) is -3.02. The number of carbonyl (C=O) groups excluding carboxylic acids is 1. The van der Waals surface area contributed by atoms with Crippen molar-refractivity contribution in [2.45, 2.75) is 50.6 Å². The van der Waals surface area contributed by atoms with Crippen molar-refractivity contribution >= 4 is 23.2 Å². The van der Waals surface area contributed by atoms with Crippen LogP contribution in [0.5, 0.6) is 0 Å². The molecular formula is C18H21ClF2N2O2. The van der Waals surface area contributed by atoms with Gasteiger partial charge in [0.05, 0.1) is 5.71 Å². The van der Waals surface area contributed by atoms with Crippen molar-refractivity contribution in [2.75, 3.05) is 13.1 Å². The normalized spacial score (nSPS) is 19.7. The van der Waals surface area contributed by atoms with E-state index in [1.165, 1.54) is 0 Å². The Balaban J connectivity index is 1.53. The minimum atomic E-state index is -2.80. The number of halogens is 3. The average Bonchev–Trinajstić information content (AvgIpc) is 2.97. The molecule has 0 N–H and O–H groups in total. The van der Waals surface area contributed by atoms with Crippen LogP contribution in [0.2, 0.25) is 5.02 Å². The van der Waals surface area contributed by atoms with Gasteiger partial charge in [0.25, 0.3) is 0 Å². The molecule has 25 heavy (non-hydrogen) atoms. The Morgan fingerprint density at radius 3 is 2.56 bits per heavy atom. The van der Waals surface area contributed by atoms with E-state index in [2.05, 4.69) is 5.16 Å². The highest BCUT2D eigenvalue weighted by Crippen LogP contribution is 2.36. The monoisotopic (exact) mass is 370 g/mol. The molecule has 2 aliphatic rings. The third-order valence-electron chi connectivity index (χ3n) is 4.82. The molecule has 2 heterocycles. The van der Waals surface area contributed by atoms with Gasteiger partial charge in [0.15, 0.2) is 0 Å². The molecule has 3 rings (SSSR count). The highest BCUT2D eigenvalue weighted by atomic mass is 35.5. The zero-order chi connectivity index (χ0) is 18.1. The molecule has 0 aliphatic carbocycles. The fourth-order valence-corrected chi connectivity index (χ4v) is 3.36. The van der Waals surface area contributed by atoms with Crippen molar-refractivity contribution in [3.05, 3.63) is 34.9 Å². The average molecular weight is 371 g/mol. The first-order valence-electron chi connectivity index (χ1n) is 8.43. The van der Waals surface area contributed by atoms with Gasteiger partial charge in [-0.3, -0.25) is 4.79 Å². The molecule has 1 spiro atoms. The minimum Gasteiger partial charge on any atom is -0.388 e. The highest BCUT2D eigenvalue weighted by Gasteiger charge is 2.43. The van der Waals surface area contributed by atoms with Gasteiger partial charge in [0, 0.05) is 50.2 Å². The van der Waals surface area contributed by atoms with Gasteiger partial charge in [-0.05, 0) is 24.6 Å². The van der Waals surface area contributed by atoms with Crippen molar-refractivity contribution < 1.29 is 18.4 Å². The van der Waals surface area contributed by atoms with Gasteiger partial charge in [-0.2, -0.15) is 0 Å². The van der Waals surface area contributed by atoms with E-state index in [-0.39, 0.29) is 17.9 Å². The molecule has 136 valence electrons. The summed E-state index contributed by atoms with van der Waals surface area (Å²) < 4.78 is 25.8. The van der Waals surface area contributed by atoms with Crippen LogP contribution < -0.4 is 0 Å². The summed E-state index contributed by atoms with van der Waals surface area (Å²) in [5, 5.41) is 4.89. The number of alkyl halides is 2. The van der Waals surface area contributed by atoms with E-state index >= 15 is 0 Å². The summed E-state index contributed by atoms with van der Waals surface area (Å²) in [6.07, 6.45) is 1.46. The second kappa shape index (κ2) is 6.90. The second-order valence-electron chi connectivity index (χ2n) is 6.95. The Morgan fingerprint density at radius 2 is 1.96 bits per heavy atom. The number of rotatable bonds is 4. The lowest BCUT2D eigenvalue weighted by atomic mass is 9.85. The van der Waals surface area contributed by atoms with Gasteiger partial charge in [0.2, 0.25) is 11.8 Å². The zero-order valence-corrected chi connectivity index (χ0v) is 14.9. The number of carbonyl (C=O) groups is 1. The maximum Gasteiger partial charge on any atom is 0.245 e. The van der Waals surface area contributed by atoms with E-state index in [1.807, 2.05) is 24.3 Å². The maximum absolute atomic E-state index is 12.9. The molecule has 0 unspecified atom stereocenters. The Bertz CT molecular complexity index is 663. The molecule has 7 heteroatoms. The number of nitrogens with zero attached hydrogens (tertiary/aromatic N) is 2. The fourth-order valence-electron chi connectivity index (χ4n) is 3.23. The Labute approximate surface area is 150 Å². The van der Waals surface area contributed by atoms with Crippen LogP contribution in [0.4, 0.5) is 8.78 Å². The lowest BCUT2D eigenvalue weighted by Gasteiger charge is -2.37. The van der Waals surface area contributed by atoms with Crippen LogP contribution >= 0.6 is 11.6 Å². The van der Waals surface area contributed by atoms with Crippen molar-refractivity contribution in [1.29, 1.82) is 0 Å². The maximum atomic E-state index is 12.9. The van der Waals surface area contributed by atoms with Crippen molar-refractivity contribution in [3.63, 3.8) is 0 Å². The molecule has 0 atom stereocenters. The minimum absolute atomic E-state index is 0.121. The van der Waals surface area contributed by atoms with Crippen LogP contribution in [0.15, 0.2) is 29.4 Å². The van der Waals surface area contributed by atoms with Gasteiger partial charge < -0.3 is 9.74 Å². The molecule has 1 aromatic rings. The Kier molecular flexibility index (Phi) is 5.00. The first-order chi connectivity index (χ1) is 11.8. The largest absolute Gasteiger partial charge is 0.388 e. The lowest BCUT2D eigenvalue weighted by molar-refractivity contribution is -0.138. The lowest BCUT2D eigenvalue weighted by Crippen LogP contribution is -2.47. The summed E-state index contributed by atoms with van der Waals surface area (Å²) in [4.78, 5) is 19.4. The number of oxime groups is 1. The van der Waals surface area contributed by atoms with E-state index in [9.17, 15) is 13.6 Å². The molecule has 0 radical (unpaired) electrons. The number of hydrogen-bond donors (Lipinski definition) is 0. The number of amides is 1. The van der Waals surface area contributed by atoms with Gasteiger partial charge in [-0.1, -0.05) is 28.9 Å². The van der Waals surface area contributed by atoms with E-state index < -0.39 is 12.3 Å². The summed E-state index contributed by atoms with van der Waals surface area (Å²) in [7, 11) is 0. The molecule has 0 aromatic heterocycles. The summed E-state index contributed by atoms with van der Waals surface area (Å²) >= 11 is 5.90. The molecule has 1 aromatic carbocycles. The van der Waals surface area contributed by atoms with Gasteiger partial charge in [-0.15, -0.1) is 0 Å². The van der Waals surface area contributed by atoms with Crippen LogP contribution in [0.3, 0.4) is 0 Å². The quantitative estimate of drug-likeness (QED) is 0.794. The van der Waals surface area contributed by atoms with Crippen LogP contribution in [-0.4, -0.2) is 41.1 Å². The number of hydrogen-bond acceptors (Lipinski definition) is 3. The summed E-state index contributed by atoms with van der Waals surface area (Å²) in [5.41, 5.74) is 1.47. The third-order valence-corrected chi connectivity index (χ3v) is 5.07. The van der Waals surface area contributed by atoms with Crippen LogP contribution in [0.1, 0.15) is 44.6 Å². The zero-order valence-electron chi connectivity index (χ0n) is 14.1. The van der Waals surface area contributed by atoms with Crippen molar-refractivity contribution in [2.24, 2.45) is 5.16 Å². The second-order valence-corrected chi connectivity index (χ2v) is 7.38. The van der Waals surface area contributed by atoms with Crippen molar-refractivity contribution in [1.82, 2.24) is 4.90 Å². The third kappa shape index (κ3) is 4.48. The molecule has 1 amide bonds. The van der Waals surface area contributed by atoms with E-state index in [0.29, 0.717) is 37.4 Å². The molecule has 2 aliphatic heterocycles. The molecule has 1 saturated heterocycles. The fraction of sp³-hybridized carbons (Fsp3) is 0.556. The predicted octanol–water partition coefficient (Wildman–Crippen LogP) is 4.26. The first kappa shape index (κ1) is 18.1. The van der Waals surface area contributed by atoms with Gasteiger partial charge in [0.1, 0.15) is 5.60 Å². The first-order valence-corrected chi connectivity index (χ1v) is 8.81. The molecule has 4 nitrogen and oxygen atoms in total. The van der Waals surface area contributed by atoms with Crippen LogP contribution in [-0.2, 0) is 9.63 Å². The SMILES string of the molecule is CC(F)(F)CCC(=O)N1CCC2(CC1)CC(c1ccc(Cl)cc1)=NO2. The summed E-state index contributed by atoms with van der Waals surface area (Å²) in [6.45, 7) is 1.86. The van der Waals surface area contributed by atoms with E-state index in [4.69, 9.17) is 16.4 Å².